The van der Waals surface area contributed by atoms with Crippen LogP contribution in [0.3, 0.4) is 0 Å². The van der Waals surface area contributed by atoms with Gasteiger partial charge in [-0.3, -0.25) is 19.3 Å². The predicted octanol–water partition coefficient (Wildman–Crippen LogP) is 2.77. The van der Waals surface area contributed by atoms with Gasteiger partial charge in [-0.15, -0.1) is 0 Å². The highest BCUT2D eigenvalue weighted by Gasteiger charge is 2.18. The molecule has 0 aromatic heterocycles. The maximum absolute atomic E-state index is 12.5. The molecule has 2 aromatic rings. The summed E-state index contributed by atoms with van der Waals surface area (Å²) in [5.41, 5.74) is 0.924. The minimum absolute atomic E-state index is 0.0311. The van der Waals surface area contributed by atoms with Gasteiger partial charge in [0, 0.05) is 30.6 Å². The molecule has 0 radical (unpaired) electrons. The van der Waals surface area contributed by atoms with E-state index < -0.39 is 15.9 Å². The van der Waals surface area contributed by atoms with E-state index in [-0.39, 0.29) is 17.3 Å². The number of nitrogens with zero attached hydrogens (tertiary/aromatic N) is 1. The first-order chi connectivity index (χ1) is 14.4. The molecular weight excluding hydrogens is 406 g/mol. The van der Waals surface area contributed by atoms with Crippen molar-refractivity contribution in [2.45, 2.75) is 31.1 Å². The van der Waals surface area contributed by atoms with E-state index in [2.05, 4.69) is 15.0 Å². The van der Waals surface area contributed by atoms with Crippen molar-refractivity contribution in [3.63, 3.8) is 0 Å². The molecule has 0 saturated heterocycles. The number of carbonyl (C=O) groups excluding carboxylic acids is 2. The quantitative estimate of drug-likeness (QED) is 0.627. The van der Waals surface area contributed by atoms with Crippen LogP contribution in [0.15, 0.2) is 58.4 Å². The number of nitrogens with one attached hydrogen (secondary N) is 2. The highest BCUT2D eigenvalue weighted by molar-refractivity contribution is 7.90. The molecule has 0 saturated carbocycles. The Labute approximate surface area is 175 Å². The second-order valence-corrected chi connectivity index (χ2v) is 8.39. The molecule has 1 heterocycles. The van der Waals surface area contributed by atoms with Gasteiger partial charge in [-0.05, 0) is 48.9 Å². The number of hydrogen-bond donors (Lipinski definition) is 2. The minimum atomic E-state index is -3.76. The third-order valence-corrected chi connectivity index (χ3v) is 5.80. The molecule has 158 valence electrons. The summed E-state index contributed by atoms with van der Waals surface area (Å²) in [7, 11) is -3.76. The standard InChI is InChI=1S/C21H23N3O5S/c1-2-19(25)15-8-10-17(11-9-15)29-14-21(26)23-16-5-3-6-18(13-16)30(27,28)24-20-7-4-12-22-20/h3,5-6,8-11,13H,2,4,7,12,14H2,1H3,(H,22,24)(H,23,26). The van der Waals surface area contributed by atoms with Gasteiger partial charge >= 0.3 is 0 Å². The second-order valence-electron chi connectivity index (χ2n) is 6.70. The molecule has 0 aliphatic carbocycles. The van der Waals surface area contributed by atoms with Gasteiger partial charge < -0.3 is 10.1 Å². The van der Waals surface area contributed by atoms with Crippen LogP contribution in [0, 0.1) is 0 Å². The van der Waals surface area contributed by atoms with Crippen LogP contribution in [0.1, 0.15) is 36.5 Å². The van der Waals surface area contributed by atoms with Gasteiger partial charge in [0.1, 0.15) is 11.6 Å². The number of rotatable bonds is 8. The van der Waals surface area contributed by atoms with Crippen molar-refractivity contribution in [1.82, 2.24) is 4.72 Å². The molecule has 2 N–H and O–H groups in total. The molecule has 0 spiro atoms. The maximum atomic E-state index is 12.5. The summed E-state index contributed by atoms with van der Waals surface area (Å²) in [6.07, 6.45) is 1.84. The number of aliphatic imine (C=N–C) groups is 1. The van der Waals surface area contributed by atoms with Crippen molar-refractivity contribution in [3.05, 3.63) is 54.1 Å². The fraction of sp³-hybridized carbons (Fsp3) is 0.286. The van der Waals surface area contributed by atoms with Crippen molar-refractivity contribution < 1.29 is 22.7 Å². The zero-order chi connectivity index (χ0) is 21.6. The van der Waals surface area contributed by atoms with E-state index in [1.54, 1.807) is 43.3 Å². The van der Waals surface area contributed by atoms with Gasteiger partial charge in [-0.1, -0.05) is 13.0 Å². The molecule has 1 amide bonds. The lowest BCUT2D eigenvalue weighted by atomic mass is 10.1. The number of benzene rings is 2. The fourth-order valence-electron chi connectivity index (χ4n) is 2.87. The summed E-state index contributed by atoms with van der Waals surface area (Å²) in [4.78, 5) is 27.9. The van der Waals surface area contributed by atoms with E-state index in [0.717, 1.165) is 6.42 Å². The Bertz CT molecular complexity index is 1060. The van der Waals surface area contributed by atoms with Gasteiger partial charge in [0.25, 0.3) is 15.9 Å². The molecule has 3 rings (SSSR count). The Morgan fingerprint density at radius 2 is 1.90 bits per heavy atom. The molecular formula is C21H23N3O5S. The first kappa shape index (κ1) is 21.5. The smallest absolute Gasteiger partial charge is 0.262 e. The number of hydrogen-bond acceptors (Lipinski definition) is 6. The SMILES string of the molecule is CCC(=O)c1ccc(OCC(=O)Nc2cccc(S(=O)(=O)NC3=NCCC3)c2)cc1. The fourth-order valence-corrected chi connectivity index (χ4v) is 4.00. The largest absolute Gasteiger partial charge is 0.484 e. The molecule has 1 aliphatic rings. The number of ketones is 1. The van der Waals surface area contributed by atoms with Crippen molar-refractivity contribution in [2.24, 2.45) is 4.99 Å². The third-order valence-electron chi connectivity index (χ3n) is 4.42. The normalized spacial score (nSPS) is 13.4. The number of ether oxygens (including phenoxy) is 1. The molecule has 0 fully saturated rings. The Morgan fingerprint density at radius 1 is 1.13 bits per heavy atom. The highest BCUT2D eigenvalue weighted by Crippen LogP contribution is 2.17. The molecule has 0 unspecified atom stereocenters. The Morgan fingerprint density at radius 3 is 2.57 bits per heavy atom. The summed E-state index contributed by atoms with van der Waals surface area (Å²) in [5, 5.41) is 2.62. The lowest BCUT2D eigenvalue weighted by molar-refractivity contribution is -0.118. The molecule has 1 aliphatic heterocycles. The van der Waals surface area contributed by atoms with Crippen molar-refractivity contribution in [3.8, 4) is 5.75 Å². The van der Waals surface area contributed by atoms with Crippen LogP contribution in [0.4, 0.5) is 5.69 Å². The number of anilines is 1. The number of Topliss-reactive ketones (excluding diaryl/α,β-unsaturated/α-hetero) is 1. The summed E-state index contributed by atoms with van der Waals surface area (Å²) in [6.45, 7) is 2.15. The Balaban J connectivity index is 1.57. The molecule has 0 atom stereocenters. The third kappa shape index (κ3) is 5.66. The highest BCUT2D eigenvalue weighted by atomic mass is 32.2. The van der Waals surface area contributed by atoms with Crippen LogP contribution < -0.4 is 14.8 Å². The first-order valence-electron chi connectivity index (χ1n) is 9.59. The van der Waals surface area contributed by atoms with E-state index in [9.17, 15) is 18.0 Å². The number of sulfonamides is 1. The van der Waals surface area contributed by atoms with Crippen LogP contribution in [-0.4, -0.2) is 39.1 Å². The Kier molecular flexibility index (Phi) is 6.83. The lowest BCUT2D eigenvalue weighted by Gasteiger charge is -2.11. The van der Waals surface area contributed by atoms with Crippen LogP contribution in [0.25, 0.3) is 0 Å². The zero-order valence-electron chi connectivity index (χ0n) is 16.6. The van der Waals surface area contributed by atoms with Gasteiger partial charge in [-0.25, -0.2) is 8.42 Å². The molecule has 8 nitrogen and oxygen atoms in total. The van der Waals surface area contributed by atoms with Crippen LogP contribution in [0.5, 0.6) is 5.75 Å². The summed E-state index contributed by atoms with van der Waals surface area (Å²) in [5.74, 6) is 0.496. The molecule has 30 heavy (non-hydrogen) atoms. The van der Waals surface area contributed by atoms with Crippen molar-refractivity contribution in [1.29, 1.82) is 0 Å². The minimum Gasteiger partial charge on any atom is -0.484 e. The zero-order valence-corrected chi connectivity index (χ0v) is 17.4. The van der Waals surface area contributed by atoms with Gasteiger partial charge in [0.15, 0.2) is 12.4 Å². The monoisotopic (exact) mass is 429 g/mol. The van der Waals surface area contributed by atoms with Crippen molar-refractivity contribution >= 4 is 33.2 Å². The summed E-state index contributed by atoms with van der Waals surface area (Å²) < 4.78 is 32.9. The number of carbonyl (C=O) groups is 2. The van der Waals surface area contributed by atoms with E-state index in [4.69, 9.17) is 4.74 Å². The number of amidine groups is 1. The van der Waals surface area contributed by atoms with E-state index in [1.165, 1.54) is 12.1 Å². The molecule has 0 bridgehead atoms. The topological polar surface area (TPSA) is 114 Å². The van der Waals surface area contributed by atoms with E-state index in [0.29, 0.717) is 42.2 Å². The van der Waals surface area contributed by atoms with Crippen LogP contribution >= 0.6 is 0 Å². The maximum Gasteiger partial charge on any atom is 0.262 e. The van der Waals surface area contributed by atoms with Gasteiger partial charge in [0.2, 0.25) is 0 Å². The van der Waals surface area contributed by atoms with Crippen LogP contribution in [-0.2, 0) is 14.8 Å². The average Bonchev–Trinajstić information content (AvgIpc) is 3.24. The molecule has 2 aromatic carbocycles. The predicted molar refractivity (Wildman–Crippen MR) is 113 cm³/mol. The second kappa shape index (κ2) is 9.53. The first-order valence-corrected chi connectivity index (χ1v) is 11.1. The summed E-state index contributed by atoms with van der Waals surface area (Å²) >= 11 is 0. The Hall–Kier alpha value is -3.20. The van der Waals surface area contributed by atoms with Crippen LogP contribution in [0.2, 0.25) is 0 Å². The van der Waals surface area contributed by atoms with Gasteiger partial charge in [-0.2, -0.15) is 0 Å². The van der Waals surface area contributed by atoms with Gasteiger partial charge in [0.05, 0.1) is 4.90 Å². The lowest BCUT2D eigenvalue weighted by Crippen LogP contribution is -2.29. The van der Waals surface area contributed by atoms with E-state index >= 15 is 0 Å². The van der Waals surface area contributed by atoms with Crippen molar-refractivity contribution in [2.75, 3.05) is 18.5 Å². The molecule has 9 heteroatoms. The average molecular weight is 429 g/mol. The number of amides is 1. The summed E-state index contributed by atoms with van der Waals surface area (Å²) in [6, 6.07) is 12.5. The van der Waals surface area contributed by atoms with E-state index in [1.807, 2.05) is 0 Å².